The van der Waals surface area contributed by atoms with Crippen LogP contribution >= 0.6 is 11.6 Å². The number of nitrogen functional groups attached to an aromatic ring is 1. The molecule has 4 N–H and O–H groups in total. The van der Waals surface area contributed by atoms with Gasteiger partial charge in [0.05, 0.1) is 23.4 Å². The van der Waals surface area contributed by atoms with Crippen molar-refractivity contribution in [2.24, 2.45) is 0 Å². The SMILES string of the molecule is Nc1cc(Cl)cnc1NC(CO)Cc1ccccc1. The quantitative estimate of drug-likeness (QED) is 0.784. The third kappa shape index (κ3) is 3.84. The summed E-state index contributed by atoms with van der Waals surface area (Å²) in [7, 11) is 0. The minimum atomic E-state index is -0.140. The summed E-state index contributed by atoms with van der Waals surface area (Å²) in [5.74, 6) is 0.541. The Labute approximate surface area is 117 Å². The third-order valence-corrected chi connectivity index (χ3v) is 2.98. The molecular weight excluding hydrogens is 262 g/mol. The summed E-state index contributed by atoms with van der Waals surface area (Å²) >= 11 is 5.80. The zero-order chi connectivity index (χ0) is 13.7. The van der Waals surface area contributed by atoms with E-state index in [4.69, 9.17) is 17.3 Å². The Bertz CT molecular complexity index is 533. The number of aliphatic hydroxyl groups is 1. The fraction of sp³-hybridized carbons (Fsp3) is 0.214. The first-order valence-electron chi connectivity index (χ1n) is 6.01. The van der Waals surface area contributed by atoms with Crippen LogP contribution in [0.5, 0.6) is 0 Å². The van der Waals surface area contributed by atoms with Crippen LogP contribution in [0, 0.1) is 0 Å². The fourth-order valence-corrected chi connectivity index (χ4v) is 2.00. The number of nitrogens with zero attached hydrogens (tertiary/aromatic N) is 1. The number of aromatic nitrogens is 1. The average Bonchev–Trinajstić information content (AvgIpc) is 2.42. The molecule has 100 valence electrons. The van der Waals surface area contributed by atoms with E-state index in [2.05, 4.69) is 10.3 Å². The van der Waals surface area contributed by atoms with Crippen LogP contribution in [0.2, 0.25) is 5.02 Å². The first kappa shape index (κ1) is 13.6. The number of anilines is 2. The zero-order valence-electron chi connectivity index (χ0n) is 10.4. The van der Waals surface area contributed by atoms with Crippen molar-refractivity contribution in [2.75, 3.05) is 17.7 Å². The predicted molar refractivity (Wildman–Crippen MR) is 78.3 cm³/mol. The normalized spacial score (nSPS) is 12.1. The molecule has 1 aromatic heterocycles. The Kier molecular flexibility index (Phi) is 4.60. The van der Waals surface area contributed by atoms with Crippen LogP contribution in [-0.4, -0.2) is 22.7 Å². The minimum absolute atomic E-state index is 0.00135. The second-order valence-corrected chi connectivity index (χ2v) is 4.74. The van der Waals surface area contributed by atoms with Gasteiger partial charge in [-0.15, -0.1) is 0 Å². The van der Waals surface area contributed by atoms with Gasteiger partial charge >= 0.3 is 0 Å². The number of nitrogens with one attached hydrogen (secondary N) is 1. The second kappa shape index (κ2) is 6.41. The highest BCUT2D eigenvalue weighted by Crippen LogP contribution is 2.20. The Hall–Kier alpha value is -1.78. The van der Waals surface area contributed by atoms with Crippen molar-refractivity contribution < 1.29 is 5.11 Å². The standard InChI is InChI=1S/C14H16ClN3O/c15-11-7-13(16)14(17-8-11)18-12(9-19)6-10-4-2-1-3-5-10/h1-5,7-8,12,19H,6,9,16H2,(H,17,18). The molecule has 0 bridgehead atoms. The lowest BCUT2D eigenvalue weighted by Crippen LogP contribution is -2.27. The van der Waals surface area contributed by atoms with E-state index in [1.165, 1.54) is 6.20 Å². The molecule has 1 heterocycles. The van der Waals surface area contributed by atoms with Crippen LogP contribution in [0.4, 0.5) is 11.5 Å². The predicted octanol–water partition coefficient (Wildman–Crippen LogP) is 2.33. The van der Waals surface area contributed by atoms with Crippen LogP contribution < -0.4 is 11.1 Å². The van der Waals surface area contributed by atoms with Crippen molar-refractivity contribution >= 4 is 23.1 Å². The number of rotatable bonds is 5. The van der Waals surface area contributed by atoms with Crippen molar-refractivity contribution in [3.8, 4) is 0 Å². The molecule has 0 spiro atoms. The van der Waals surface area contributed by atoms with E-state index in [1.807, 2.05) is 30.3 Å². The van der Waals surface area contributed by atoms with Gasteiger partial charge in [-0.05, 0) is 18.1 Å². The molecule has 0 aliphatic rings. The van der Waals surface area contributed by atoms with E-state index in [-0.39, 0.29) is 12.6 Å². The number of nitrogens with two attached hydrogens (primary N) is 1. The van der Waals surface area contributed by atoms with Gasteiger partial charge in [0, 0.05) is 6.20 Å². The lowest BCUT2D eigenvalue weighted by atomic mass is 10.1. The van der Waals surface area contributed by atoms with Gasteiger partial charge in [0.2, 0.25) is 0 Å². The van der Waals surface area contributed by atoms with Crippen LogP contribution in [0.15, 0.2) is 42.6 Å². The lowest BCUT2D eigenvalue weighted by Gasteiger charge is -2.18. The molecule has 4 nitrogen and oxygen atoms in total. The van der Waals surface area contributed by atoms with Gasteiger partial charge in [-0.3, -0.25) is 0 Å². The zero-order valence-corrected chi connectivity index (χ0v) is 11.1. The highest BCUT2D eigenvalue weighted by Gasteiger charge is 2.11. The van der Waals surface area contributed by atoms with E-state index in [0.29, 0.717) is 22.9 Å². The number of halogens is 1. The third-order valence-electron chi connectivity index (χ3n) is 2.77. The fourth-order valence-electron chi connectivity index (χ4n) is 1.83. The summed E-state index contributed by atoms with van der Waals surface area (Å²) < 4.78 is 0. The number of benzene rings is 1. The number of pyridine rings is 1. The molecule has 5 heteroatoms. The van der Waals surface area contributed by atoms with Crippen molar-refractivity contribution in [2.45, 2.75) is 12.5 Å². The van der Waals surface area contributed by atoms with E-state index in [1.54, 1.807) is 6.07 Å². The second-order valence-electron chi connectivity index (χ2n) is 4.30. The number of aliphatic hydroxyl groups excluding tert-OH is 1. The highest BCUT2D eigenvalue weighted by atomic mass is 35.5. The van der Waals surface area contributed by atoms with Crippen LogP contribution in [0.1, 0.15) is 5.56 Å². The molecule has 0 saturated carbocycles. The van der Waals surface area contributed by atoms with Gasteiger partial charge in [-0.25, -0.2) is 4.98 Å². The van der Waals surface area contributed by atoms with Gasteiger partial charge in [-0.2, -0.15) is 0 Å². The monoisotopic (exact) mass is 277 g/mol. The van der Waals surface area contributed by atoms with Crippen LogP contribution in [0.25, 0.3) is 0 Å². The van der Waals surface area contributed by atoms with Crippen molar-refractivity contribution in [3.63, 3.8) is 0 Å². The van der Waals surface area contributed by atoms with Crippen molar-refractivity contribution in [3.05, 3.63) is 53.2 Å². The molecule has 2 aromatic rings. The minimum Gasteiger partial charge on any atom is -0.396 e. The summed E-state index contributed by atoms with van der Waals surface area (Å²) in [6.45, 7) is -0.00135. The molecule has 0 fully saturated rings. The maximum atomic E-state index is 9.44. The van der Waals surface area contributed by atoms with E-state index in [9.17, 15) is 5.11 Å². The molecule has 0 radical (unpaired) electrons. The average molecular weight is 278 g/mol. The topological polar surface area (TPSA) is 71.2 Å². The van der Waals surface area contributed by atoms with Crippen LogP contribution in [0.3, 0.4) is 0 Å². The lowest BCUT2D eigenvalue weighted by molar-refractivity contribution is 0.273. The van der Waals surface area contributed by atoms with Gasteiger partial charge in [-0.1, -0.05) is 41.9 Å². The maximum Gasteiger partial charge on any atom is 0.149 e. The Morgan fingerprint density at radius 3 is 2.68 bits per heavy atom. The van der Waals surface area contributed by atoms with Gasteiger partial charge in [0.25, 0.3) is 0 Å². The summed E-state index contributed by atoms with van der Waals surface area (Å²) in [5, 5.41) is 13.1. The Morgan fingerprint density at radius 1 is 1.32 bits per heavy atom. The summed E-state index contributed by atoms with van der Waals surface area (Å²) in [4.78, 5) is 4.13. The largest absolute Gasteiger partial charge is 0.396 e. The van der Waals surface area contributed by atoms with Crippen LogP contribution in [-0.2, 0) is 6.42 Å². The van der Waals surface area contributed by atoms with Gasteiger partial charge in [0.1, 0.15) is 5.82 Å². The maximum absolute atomic E-state index is 9.44. The van der Waals surface area contributed by atoms with E-state index < -0.39 is 0 Å². The first-order chi connectivity index (χ1) is 9.19. The molecule has 1 aromatic carbocycles. The number of hydrogen-bond donors (Lipinski definition) is 3. The summed E-state index contributed by atoms with van der Waals surface area (Å²) in [6, 6.07) is 11.4. The van der Waals surface area contributed by atoms with E-state index in [0.717, 1.165) is 5.56 Å². The van der Waals surface area contributed by atoms with Gasteiger partial charge in [0.15, 0.2) is 0 Å². The Balaban J connectivity index is 2.06. The van der Waals surface area contributed by atoms with Crippen molar-refractivity contribution in [1.82, 2.24) is 4.98 Å². The Morgan fingerprint density at radius 2 is 2.05 bits per heavy atom. The molecule has 0 aliphatic heterocycles. The molecular formula is C14H16ClN3O. The molecule has 2 rings (SSSR count). The smallest absolute Gasteiger partial charge is 0.149 e. The highest BCUT2D eigenvalue weighted by molar-refractivity contribution is 6.30. The molecule has 1 atom stereocenters. The van der Waals surface area contributed by atoms with Crippen molar-refractivity contribution in [1.29, 1.82) is 0 Å². The molecule has 0 aliphatic carbocycles. The summed E-state index contributed by atoms with van der Waals surface area (Å²) in [6.07, 6.45) is 2.22. The molecule has 0 saturated heterocycles. The molecule has 19 heavy (non-hydrogen) atoms. The molecule has 0 amide bonds. The number of hydrogen-bond acceptors (Lipinski definition) is 4. The molecule has 1 unspecified atom stereocenters. The van der Waals surface area contributed by atoms with E-state index >= 15 is 0 Å². The summed E-state index contributed by atoms with van der Waals surface area (Å²) in [5.41, 5.74) is 7.44. The first-order valence-corrected chi connectivity index (χ1v) is 6.39. The van der Waals surface area contributed by atoms with Gasteiger partial charge < -0.3 is 16.2 Å².